The normalized spacial score (nSPS) is 10.9. The Kier molecular flexibility index (Phi) is 3.32. The van der Waals surface area contributed by atoms with E-state index in [2.05, 4.69) is 15.1 Å². The highest BCUT2D eigenvalue weighted by atomic mass is 16.5. The summed E-state index contributed by atoms with van der Waals surface area (Å²) in [5.41, 5.74) is 2.26. The summed E-state index contributed by atoms with van der Waals surface area (Å²) >= 11 is 0. The first kappa shape index (κ1) is 14.1. The number of H-pyrrole nitrogens is 1. The van der Waals surface area contributed by atoms with Crippen LogP contribution in [0.5, 0.6) is 11.5 Å². The zero-order valence-corrected chi connectivity index (χ0v) is 12.8. The SMILES string of the molecule is COc1cc(OC)cc(-c2nc(=O)c3c([nH]2)c(C)nn3C)c1. The topological polar surface area (TPSA) is 82.0 Å². The number of hydrogen-bond donors (Lipinski definition) is 1. The number of methoxy groups -OCH3 is 2. The van der Waals surface area contributed by atoms with Crippen molar-refractivity contribution in [3.63, 3.8) is 0 Å². The van der Waals surface area contributed by atoms with Gasteiger partial charge in [0.2, 0.25) is 0 Å². The first-order valence-electron chi connectivity index (χ1n) is 6.70. The summed E-state index contributed by atoms with van der Waals surface area (Å²) in [4.78, 5) is 19.5. The van der Waals surface area contributed by atoms with Gasteiger partial charge in [0.1, 0.15) is 17.3 Å². The smallest absolute Gasteiger partial charge is 0.299 e. The van der Waals surface area contributed by atoms with Gasteiger partial charge in [-0.3, -0.25) is 9.48 Å². The van der Waals surface area contributed by atoms with Crippen molar-refractivity contribution in [3.8, 4) is 22.9 Å². The van der Waals surface area contributed by atoms with Crippen LogP contribution in [-0.2, 0) is 7.05 Å². The predicted octanol–water partition coefficient (Wildman–Crippen LogP) is 1.65. The van der Waals surface area contributed by atoms with Crippen LogP contribution < -0.4 is 15.0 Å². The number of aromatic amines is 1. The van der Waals surface area contributed by atoms with Crippen molar-refractivity contribution in [1.29, 1.82) is 0 Å². The summed E-state index contributed by atoms with van der Waals surface area (Å²) in [5.74, 6) is 1.70. The number of benzene rings is 1. The van der Waals surface area contributed by atoms with Crippen LogP contribution >= 0.6 is 0 Å². The van der Waals surface area contributed by atoms with E-state index in [1.807, 2.05) is 6.92 Å². The molecule has 3 aromatic rings. The van der Waals surface area contributed by atoms with E-state index in [4.69, 9.17) is 9.47 Å². The van der Waals surface area contributed by atoms with Gasteiger partial charge in [0.25, 0.3) is 5.56 Å². The van der Waals surface area contributed by atoms with Crippen LogP contribution in [0.3, 0.4) is 0 Å². The fourth-order valence-electron chi connectivity index (χ4n) is 2.43. The summed E-state index contributed by atoms with van der Waals surface area (Å²) in [6, 6.07) is 5.34. The van der Waals surface area contributed by atoms with Gasteiger partial charge in [-0.1, -0.05) is 0 Å². The van der Waals surface area contributed by atoms with E-state index in [0.29, 0.717) is 33.9 Å². The molecule has 1 N–H and O–H groups in total. The minimum absolute atomic E-state index is 0.325. The van der Waals surface area contributed by atoms with Crippen LogP contribution in [0, 0.1) is 6.92 Å². The molecule has 0 amide bonds. The van der Waals surface area contributed by atoms with Gasteiger partial charge in [-0.25, -0.2) is 0 Å². The second kappa shape index (κ2) is 5.18. The number of rotatable bonds is 3. The van der Waals surface area contributed by atoms with Crippen molar-refractivity contribution >= 4 is 11.0 Å². The molecule has 1 aromatic carbocycles. The number of fused-ring (bicyclic) bond motifs is 1. The minimum atomic E-state index is -0.325. The number of ether oxygens (including phenoxy) is 2. The van der Waals surface area contributed by atoms with E-state index < -0.39 is 0 Å². The Balaban J connectivity index is 2.26. The average Bonchev–Trinajstić information content (AvgIpc) is 2.81. The third-order valence-electron chi connectivity index (χ3n) is 3.51. The summed E-state index contributed by atoms with van der Waals surface area (Å²) in [6.45, 7) is 1.84. The van der Waals surface area contributed by atoms with Crippen LogP contribution in [0.25, 0.3) is 22.4 Å². The van der Waals surface area contributed by atoms with Crippen LogP contribution in [0.2, 0.25) is 0 Å². The van der Waals surface area contributed by atoms with Gasteiger partial charge in [-0.05, 0) is 19.1 Å². The number of nitrogens with one attached hydrogen (secondary N) is 1. The zero-order chi connectivity index (χ0) is 15.9. The Labute approximate surface area is 126 Å². The molecule has 0 aliphatic rings. The van der Waals surface area contributed by atoms with Gasteiger partial charge in [0, 0.05) is 18.7 Å². The maximum atomic E-state index is 12.3. The predicted molar refractivity (Wildman–Crippen MR) is 82.4 cm³/mol. The third kappa shape index (κ3) is 2.20. The van der Waals surface area contributed by atoms with Crippen molar-refractivity contribution in [2.45, 2.75) is 6.92 Å². The molecule has 22 heavy (non-hydrogen) atoms. The Morgan fingerprint density at radius 2 is 1.77 bits per heavy atom. The molecule has 2 aromatic heterocycles. The fraction of sp³-hybridized carbons (Fsp3) is 0.267. The Morgan fingerprint density at radius 1 is 1.14 bits per heavy atom. The molecule has 0 saturated heterocycles. The average molecular weight is 300 g/mol. The van der Waals surface area contributed by atoms with E-state index in [1.54, 1.807) is 39.5 Å². The Morgan fingerprint density at radius 3 is 2.36 bits per heavy atom. The molecule has 2 heterocycles. The summed E-state index contributed by atoms with van der Waals surface area (Å²) < 4.78 is 12.0. The van der Waals surface area contributed by atoms with Crippen molar-refractivity contribution in [2.24, 2.45) is 7.05 Å². The van der Waals surface area contributed by atoms with Crippen LogP contribution in [-0.4, -0.2) is 34.0 Å². The number of aryl methyl sites for hydroxylation is 2. The van der Waals surface area contributed by atoms with E-state index >= 15 is 0 Å². The highest BCUT2D eigenvalue weighted by Gasteiger charge is 2.14. The van der Waals surface area contributed by atoms with E-state index in [-0.39, 0.29) is 5.56 Å². The van der Waals surface area contributed by atoms with Crippen molar-refractivity contribution in [1.82, 2.24) is 19.7 Å². The van der Waals surface area contributed by atoms with Crippen LogP contribution in [0.15, 0.2) is 23.0 Å². The lowest BCUT2D eigenvalue weighted by Crippen LogP contribution is -2.12. The largest absolute Gasteiger partial charge is 0.497 e. The highest BCUT2D eigenvalue weighted by Crippen LogP contribution is 2.28. The molecular weight excluding hydrogens is 284 g/mol. The highest BCUT2D eigenvalue weighted by molar-refractivity contribution is 5.78. The van der Waals surface area contributed by atoms with Crippen molar-refractivity contribution in [3.05, 3.63) is 34.2 Å². The lowest BCUT2D eigenvalue weighted by molar-refractivity contribution is 0.394. The molecule has 0 aliphatic carbocycles. The number of nitrogens with zero attached hydrogens (tertiary/aromatic N) is 3. The maximum absolute atomic E-state index is 12.3. The van der Waals surface area contributed by atoms with Gasteiger partial charge in [0.15, 0.2) is 5.52 Å². The maximum Gasteiger partial charge on any atom is 0.299 e. The molecule has 0 aliphatic heterocycles. The second-order valence-corrected chi connectivity index (χ2v) is 4.92. The first-order valence-corrected chi connectivity index (χ1v) is 6.70. The van der Waals surface area contributed by atoms with Gasteiger partial charge in [-0.2, -0.15) is 10.1 Å². The molecule has 7 nitrogen and oxygen atoms in total. The summed E-state index contributed by atoms with van der Waals surface area (Å²) in [5, 5.41) is 4.25. The third-order valence-corrected chi connectivity index (χ3v) is 3.51. The van der Waals surface area contributed by atoms with E-state index in [9.17, 15) is 4.79 Å². The van der Waals surface area contributed by atoms with Crippen LogP contribution in [0.1, 0.15) is 5.69 Å². The number of hydrogen-bond acceptors (Lipinski definition) is 5. The quantitative estimate of drug-likeness (QED) is 0.795. The molecular formula is C15H16N4O3. The molecule has 0 unspecified atom stereocenters. The lowest BCUT2D eigenvalue weighted by atomic mass is 10.2. The molecule has 0 atom stereocenters. The van der Waals surface area contributed by atoms with Crippen molar-refractivity contribution < 1.29 is 9.47 Å². The Hall–Kier alpha value is -2.83. The molecule has 0 spiro atoms. The lowest BCUT2D eigenvalue weighted by Gasteiger charge is -2.08. The number of aromatic nitrogens is 4. The summed E-state index contributed by atoms with van der Waals surface area (Å²) in [7, 11) is 4.87. The van der Waals surface area contributed by atoms with Crippen LogP contribution in [0.4, 0.5) is 0 Å². The molecule has 0 fully saturated rings. The zero-order valence-electron chi connectivity index (χ0n) is 12.8. The minimum Gasteiger partial charge on any atom is -0.497 e. The Bertz CT molecular complexity index is 889. The molecule has 0 saturated carbocycles. The fourth-order valence-corrected chi connectivity index (χ4v) is 2.43. The molecule has 7 heteroatoms. The van der Waals surface area contributed by atoms with Gasteiger partial charge < -0.3 is 14.5 Å². The molecule has 0 radical (unpaired) electrons. The molecule has 3 rings (SSSR count). The monoisotopic (exact) mass is 300 g/mol. The summed E-state index contributed by atoms with van der Waals surface area (Å²) in [6.07, 6.45) is 0. The van der Waals surface area contributed by atoms with Crippen molar-refractivity contribution in [2.75, 3.05) is 14.2 Å². The molecule has 114 valence electrons. The molecule has 0 bridgehead atoms. The van der Waals surface area contributed by atoms with Gasteiger partial charge in [-0.15, -0.1) is 0 Å². The first-order chi connectivity index (χ1) is 10.5. The standard InChI is InChI=1S/C15H16N4O3/c1-8-12-13(19(2)18-8)15(20)17-14(16-12)9-5-10(21-3)7-11(6-9)22-4/h5-7H,1-4H3,(H,16,17,20). The van der Waals surface area contributed by atoms with E-state index in [1.165, 1.54) is 4.68 Å². The van der Waals surface area contributed by atoms with E-state index in [0.717, 1.165) is 5.69 Å². The van der Waals surface area contributed by atoms with Gasteiger partial charge in [0.05, 0.1) is 25.4 Å². The second-order valence-electron chi connectivity index (χ2n) is 4.92. The van der Waals surface area contributed by atoms with Gasteiger partial charge >= 0.3 is 0 Å².